The molecule has 0 aromatic heterocycles. The molecule has 1 aliphatic rings. The van der Waals surface area contributed by atoms with E-state index in [1.165, 1.54) is 18.4 Å². The third-order valence-corrected chi connectivity index (χ3v) is 3.00. The maximum Gasteiger partial charge on any atom is 0.0546 e. The topological polar surface area (TPSA) is 38.0 Å². The first-order valence-corrected chi connectivity index (χ1v) is 5.40. The molecule has 1 aliphatic heterocycles. The quantitative estimate of drug-likeness (QED) is 0.709. The Labute approximate surface area is 85.5 Å². The van der Waals surface area contributed by atoms with E-state index < -0.39 is 0 Å². The molecule has 0 saturated carbocycles. The minimum Gasteiger partial charge on any atom is -0.316 e. The molecule has 14 heavy (non-hydrogen) atoms. The van der Waals surface area contributed by atoms with Gasteiger partial charge in [0.05, 0.1) is 6.17 Å². The Bertz CT molecular complexity index is 271. The average molecular weight is 190 g/mol. The van der Waals surface area contributed by atoms with Crippen LogP contribution in [0.3, 0.4) is 0 Å². The van der Waals surface area contributed by atoms with Crippen molar-refractivity contribution in [3.05, 3.63) is 35.9 Å². The summed E-state index contributed by atoms with van der Waals surface area (Å²) in [7, 11) is 0. The second kappa shape index (κ2) is 4.58. The molecule has 0 aliphatic carbocycles. The van der Waals surface area contributed by atoms with Crippen LogP contribution < -0.4 is 11.1 Å². The highest BCUT2D eigenvalue weighted by Gasteiger charge is 2.16. The molecular weight excluding hydrogens is 172 g/mol. The van der Waals surface area contributed by atoms with Crippen molar-refractivity contribution in [2.24, 2.45) is 5.73 Å². The maximum atomic E-state index is 5.86. The normalized spacial score (nSPS) is 28.4. The molecule has 1 aromatic rings. The number of hydrogen-bond acceptors (Lipinski definition) is 2. The first kappa shape index (κ1) is 9.69. The lowest BCUT2D eigenvalue weighted by atomic mass is 9.92. The van der Waals surface area contributed by atoms with Crippen LogP contribution in [-0.2, 0) is 0 Å². The lowest BCUT2D eigenvalue weighted by molar-refractivity contribution is 0.524. The summed E-state index contributed by atoms with van der Waals surface area (Å²) in [6.45, 7) is 1.04. The van der Waals surface area contributed by atoms with E-state index in [1.807, 2.05) is 0 Å². The third-order valence-electron chi connectivity index (χ3n) is 3.00. The van der Waals surface area contributed by atoms with Crippen LogP contribution in [0.4, 0.5) is 0 Å². The summed E-state index contributed by atoms with van der Waals surface area (Å²) in [5, 5.41) is 3.32. The molecule has 1 aromatic carbocycles. The summed E-state index contributed by atoms with van der Waals surface area (Å²) in [6, 6.07) is 10.8. The van der Waals surface area contributed by atoms with Crippen molar-refractivity contribution in [3.8, 4) is 0 Å². The van der Waals surface area contributed by atoms with Crippen molar-refractivity contribution < 1.29 is 0 Å². The molecule has 1 heterocycles. The molecule has 0 spiro atoms. The number of rotatable bonds is 1. The van der Waals surface area contributed by atoms with Crippen molar-refractivity contribution in [2.45, 2.75) is 31.3 Å². The van der Waals surface area contributed by atoms with Crippen LogP contribution in [-0.4, -0.2) is 12.7 Å². The Morgan fingerprint density at radius 2 is 1.86 bits per heavy atom. The van der Waals surface area contributed by atoms with Crippen molar-refractivity contribution in [1.29, 1.82) is 0 Å². The molecule has 0 amide bonds. The van der Waals surface area contributed by atoms with Gasteiger partial charge in [-0.15, -0.1) is 0 Å². The monoisotopic (exact) mass is 190 g/mol. The molecule has 2 nitrogen and oxygen atoms in total. The van der Waals surface area contributed by atoms with Gasteiger partial charge >= 0.3 is 0 Å². The number of nitrogens with two attached hydrogens (primary N) is 1. The summed E-state index contributed by atoms with van der Waals surface area (Å²) in [6.07, 6.45) is 3.69. The molecule has 2 heteroatoms. The van der Waals surface area contributed by atoms with Crippen LogP contribution in [0.25, 0.3) is 0 Å². The molecule has 3 N–H and O–H groups in total. The second-order valence-electron chi connectivity index (χ2n) is 4.03. The highest BCUT2D eigenvalue weighted by atomic mass is 15.0. The van der Waals surface area contributed by atoms with Crippen LogP contribution >= 0.6 is 0 Å². The predicted octanol–water partition coefficient (Wildman–Crippen LogP) is 1.83. The zero-order valence-electron chi connectivity index (χ0n) is 8.45. The van der Waals surface area contributed by atoms with Gasteiger partial charge in [-0.05, 0) is 37.3 Å². The zero-order valence-corrected chi connectivity index (χ0v) is 8.45. The molecule has 1 fully saturated rings. The number of benzene rings is 1. The molecule has 76 valence electrons. The van der Waals surface area contributed by atoms with Gasteiger partial charge in [0.25, 0.3) is 0 Å². The molecule has 2 unspecified atom stereocenters. The largest absolute Gasteiger partial charge is 0.316 e. The lowest BCUT2D eigenvalue weighted by Gasteiger charge is -2.13. The van der Waals surface area contributed by atoms with E-state index in [9.17, 15) is 0 Å². The van der Waals surface area contributed by atoms with Crippen LogP contribution in [0.1, 0.15) is 30.7 Å². The van der Waals surface area contributed by atoms with Crippen molar-refractivity contribution >= 4 is 0 Å². The van der Waals surface area contributed by atoms with Gasteiger partial charge in [0.15, 0.2) is 0 Å². The van der Waals surface area contributed by atoms with Crippen molar-refractivity contribution in [2.75, 3.05) is 6.54 Å². The van der Waals surface area contributed by atoms with E-state index in [-0.39, 0.29) is 6.17 Å². The van der Waals surface area contributed by atoms with Crippen LogP contribution in [0.5, 0.6) is 0 Å². The van der Waals surface area contributed by atoms with E-state index in [4.69, 9.17) is 5.73 Å². The number of nitrogens with one attached hydrogen (secondary N) is 1. The van der Waals surface area contributed by atoms with Gasteiger partial charge in [-0.1, -0.05) is 30.3 Å². The van der Waals surface area contributed by atoms with Crippen LogP contribution in [0, 0.1) is 0 Å². The smallest absolute Gasteiger partial charge is 0.0546 e. The summed E-state index contributed by atoms with van der Waals surface area (Å²) < 4.78 is 0. The molecule has 0 radical (unpaired) electrons. The fourth-order valence-electron chi connectivity index (χ4n) is 2.13. The van der Waals surface area contributed by atoms with E-state index in [2.05, 4.69) is 35.6 Å². The Morgan fingerprint density at radius 1 is 1.07 bits per heavy atom. The van der Waals surface area contributed by atoms with E-state index in [1.54, 1.807) is 0 Å². The Morgan fingerprint density at radius 3 is 2.64 bits per heavy atom. The van der Waals surface area contributed by atoms with Gasteiger partial charge in [-0.2, -0.15) is 0 Å². The fraction of sp³-hybridized carbons (Fsp3) is 0.500. The molecule has 2 rings (SSSR count). The lowest BCUT2D eigenvalue weighted by Crippen LogP contribution is -2.36. The molecular formula is C12H18N2. The minimum atomic E-state index is 0.198. The third kappa shape index (κ3) is 2.34. The van der Waals surface area contributed by atoms with E-state index in [0.717, 1.165) is 13.0 Å². The summed E-state index contributed by atoms with van der Waals surface area (Å²) in [4.78, 5) is 0. The van der Waals surface area contributed by atoms with Gasteiger partial charge in [-0.25, -0.2) is 0 Å². The predicted molar refractivity (Wildman–Crippen MR) is 59.0 cm³/mol. The minimum absolute atomic E-state index is 0.198. The second-order valence-corrected chi connectivity index (χ2v) is 4.03. The van der Waals surface area contributed by atoms with Crippen molar-refractivity contribution in [3.63, 3.8) is 0 Å². The summed E-state index contributed by atoms with van der Waals surface area (Å²) in [5.74, 6) is 0.692. The standard InChI is InChI=1S/C12H18N2/c13-12-7-6-11(8-9-14-12)10-4-2-1-3-5-10/h1-5,11-12,14H,6-9,13H2. The zero-order chi connectivity index (χ0) is 9.80. The van der Waals surface area contributed by atoms with Gasteiger partial charge in [0.2, 0.25) is 0 Å². The molecule has 1 saturated heterocycles. The first-order valence-electron chi connectivity index (χ1n) is 5.40. The SMILES string of the molecule is NC1CCC(c2ccccc2)CCN1. The molecule has 0 bridgehead atoms. The van der Waals surface area contributed by atoms with Gasteiger partial charge in [-0.3, -0.25) is 0 Å². The fourth-order valence-corrected chi connectivity index (χ4v) is 2.13. The summed E-state index contributed by atoms with van der Waals surface area (Å²) >= 11 is 0. The Balaban J connectivity index is 2.04. The Hall–Kier alpha value is -0.860. The van der Waals surface area contributed by atoms with Gasteiger partial charge < -0.3 is 11.1 Å². The van der Waals surface area contributed by atoms with E-state index in [0.29, 0.717) is 5.92 Å². The number of hydrogen-bond donors (Lipinski definition) is 2. The van der Waals surface area contributed by atoms with Crippen molar-refractivity contribution in [1.82, 2.24) is 5.32 Å². The van der Waals surface area contributed by atoms with Crippen LogP contribution in [0.15, 0.2) is 30.3 Å². The van der Waals surface area contributed by atoms with Gasteiger partial charge in [0, 0.05) is 0 Å². The van der Waals surface area contributed by atoms with Crippen LogP contribution in [0.2, 0.25) is 0 Å². The average Bonchev–Trinajstić information content (AvgIpc) is 2.44. The highest BCUT2D eigenvalue weighted by molar-refractivity contribution is 5.19. The Kier molecular flexibility index (Phi) is 3.17. The summed E-state index contributed by atoms with van der Waals surface area (Å²) in [5.41, 5.74) is 7.33. The van der Waals surface area contributed by atoms with Gasteiger partial charge in [0.1, 0.15) is 0 Å². The first-order chi connectivity index (χ1) is 6.86. The highest BCUT2D eigenvalue weighted by Crippen LogP contribution is 2.26. The maximum absolute atomic E-state index is 5.86. The van der Waals surface area contributed by atoms with E-state index >= 15 is 0 Å². The molecule has 2 atom stereocenters.